The molecule has 12 heavy (non-hydrogen) atoms. The molecule has 0 nitrogen and oxygen atoms in total. The minimum atomic E-state index is 1.07. The van der Waals surface area contributed by atoms with Gasteiger partial charge in [0.2, 0.25) is 0 Å². The maximum atomic E-state index is 3.06. The largest absolute Gasteiger partial charge is 0.0718 e. The monoisotopic (exact) mass is 164 g/mol. The second kappa shape index (κ2) is 6.98. The highest BCUT2D eigenvalue weighted by Gasteiger charge is 1.95. The van der Waals surface area contributed by atoms with Gasteiger partial charge in [-0.25, -0.2) is 0 Å². The third-order valence-electron chi connectivity index (χ3n) is 1.41. The maximum absolute atomic E-state index is 3.06. The third kappa shape index (κ3) is 12.0. The minimum absolute atomic E-state index is 1.07. The molecule has 0 unspecified atom stereocenters. The van der Waals surface area contributed by atoms with Gasteiger partial charge >= 0.3 is 0 Å². The van der Waals surface area contributed by atoms with E-state index in [0.717, 1.165) is 6.42 Å². The Labute approximate surface area is 76.7 Å². The van der Waals surface area contributed by atoms with Crippen LogP contribution in [0.3, 0.4) is 0 Å². The first-order valence-corrected chi connectivity index (χ1v) is 4.81. The van der Waals surface area contributed by atoms with Crippen molar-refractivity contribution in [1.29, 1.82) is 0 Å². The van der Waals surface area contributed by atoms with Gasteiger partial charge < -0.3 is 0 Å². The summed E-state index contributed by atoms with van der Waals surface area (Å²) >= 11 is 0. The van der Waals surface area contributed by atoms with Crippen molar-refractivity contribution in [2.75, 3.05) is 0 Å². The number of hydrogen-bond acceptors (Lipinski definition) is 0. The zero-order valence-electron chi connectivity index (χ0n) is 8.83. The van der Waals surface area contributed by atoms with Crippen LogP contribution in [0.2, 0.25) is 0 Å². The zero-order chi connectivity index (χ0) is 9.40. The van der Waals surface area contributed by atoms with Crippen molar-refractivity contribution in [2.24, 2.45) is 0 Å². The molecule has 0 aromatic carbocycles. The molecule has 68 valence electrons. The highest BCUT2D eigenvalue weighted by atomic mass is 14.0. The average Bonchev–Trinajstić information content (AvgIpc) is 2.85. The molecule has 0 bridgehead atoms. The second-order valence-electron chi connectivity index (χ2n) is 3.44. The Balaban J connectivity index is 0.000000330. The third-order valence-corrected chi connectivity index (χ3v) is 1.41. The molecule has 0 aromatic heterocycles. The zero-order valence-corrected chi connectivity index (χ0v) is 8.83. The summed E-state index contributed by atoms with van der Waals surface area (Å²) in [6.45, 7) is 8.23. The predicted octanol–water partition coefficient (Wildman–Crippen LogP) is 4.23. The van der Waals surface area contributed by atoms with Crippen molar-refractivity contribution in [3.63, 3.8) is 0 Å². The fourth-order valence-corrected chi connectivity index (χ4v) is 0.320. The SMILES string of the molecule is C1CC1.CCC(C)=C=C=C(C)C. The Bertz CT molecular complexity index is 199. The Kier molecular flexibility index (Phi) is 6.57. The van der Waals surface area contributed by atoms with Crippen molar-refractivity contribution in [3.8, 4) is 0 Å². The summed E-state index contributed by atoms with van der Waals surface area (Å²) in [5, 5.41) is 0. The van der Waals surface area contributed by atoms with Gasteiger partial charge in [-0.1, -0.05) is 37.6 Å². The van der Waals surface area contributed by atoms with Gasteiger partial charge in [-0.2, -0.15) is 0 Å². The van der Waals surface area contributed by atoms with Crippen LogP contribution >= 0.6 is 0 Å². The van der Waals surface area contributed by atoms with Crippen LogP contribution in [-0.4, -0.2) is 0 Å². The van der Waals surface area contributed by atoms with Gasteiger partial charge in [0.05, 0.1) is 0 Å². The van der Waals surface area contributed by atoms with Crippen LogP contribution in [0.25, 0.3) is 0 Å². The second-order valence-corrected chi connectivity index (χ2v) is 3.44. The van der Waals surface area contributed by atoms with Crippen molar-refractivity contribution in [1.82, 2.24) is 0 Å². The molecular weight excluding hydrogens is 144 g/mol. The van der Waals surface area contributed by atoms with Crippen molar-refractivity contribution < 1.29 is 0 Å². The van der Waals surface area contributed by atoms with Crippen LogP contribution in [-0.2, 0) is 0 Å². The molecule has 0 saturated heterocycles. The number of hydrogen-bond donors (Lipinski definition) is 0. The molecule has 0 aromatic rings. The number of rotatable bonds is 1. The Morgan fingerprint density at radius 3 is 1.75 bits per heavy atom. The van der Waals surface area contributed by atoms with E-state index in [0.29, 0.717) is 0 Å². The Morgan fingerprint density at radius 1 is 1.00 bits per heavy atom. The van der Waals surface area contributed by atoms with Crippen LogP contribution in [0.4, 0.5) is 0 Å². The van der Waals surface area contributed by atoms with E-state index < -0.39 is 0 Å². The summed E-state index contributed by atoms with van der Waals surface area (Å²) in [6, 6.07) is 0. The summed E-state index contributed by atoms with van der Waals surface area (Å²) in [6.07, 6.45) is 5.57. The molecule has 1 rings (SSSR count). The van der Waals surface area contributed by atoms with Gasteiger partial charge in [0.25, 0.3) is 0 Å². The molecule has 0 N–H and O–H groups in total. The van der Waals surface area contributed by atoms with E-state index in [9.17, 15) is 0 Å². The summed E-state index contributed by atoms with van der Waals surface area (Å²) in [5.41, 5.74) is 8.53. The molecule has 1 saturated carbocycles. The molecule has 1 fully saturated rings. The lowest BCUT2D eigenvalue weighted by molar-refractivity contribution is 1.10. The highest BCUT2D eigenvalue weighted by Crippen LogP contribution is 2.14. The maximum Gasteiger partial charge on any atom is -0.0233 e. The smallest absolute Gasteiger partial charge is 0.0233 e. The van der Waals surface area contributed by atoms with E-state index in [2.05, 4.69) is 25.3 Å². The van der Waals surface area contributed by atoms with Gasteiger partial charge in [0.15, 0.2) is 0 Å². The summed E-state index contributed by atoms with van der Waals surface area (Å²) < 4.78 is 0. The minimum Gasteiger partial charge on any atom is -0.0718 e. The first-order valence-electron chi connectivity index (χ1n) is 4.81. The molecule has 1 aliphatic carbocycles. The van der Waals surface area contributed by atoms with Gasteiger partial charge in [0.1, 0.15) is 0 Å². The fourth-order valence-electron chi connectivity index (χ4n) is 0.320. The van der Waals surface area contributed by atoms with Crippen LogP contribution in [0, 0.1) is 0 Å². The predicted molar refractivity (Wildman–Crippen MR) is 55.2 cm³/mol. The topological polar surface area (TPSA) is 0 Å². The quantitative estimate of drug-likeness (QED) is 0.509. The molecule has 0 heterocycles. The summed E-state index contributed by atoms with van der Waals surface area (Å²) in [4.78, 5) is 0. The van der Waals surface area contributed by atoms with E-state index >= 15 is 0 Å². The Hall–Kier alpha value is -0.700. The number of allylic oxidation sites excluding steroid dienone is 2. The Morgan fingerprint density at radius 2 is 1.50 bits per heavy atom. The van der Waals surface area contributed by atoms with Gasteiger partial charge in [-0.05, 0) is 38.3 Å². The fraction of sp³-hybridized carbons (Fsp3) is 0.667. The van der Waals surface area contributed by atoms with Crippen molar-refractivity contribution in [3.05, 3.63) is 22.6 Å². The van der Waals surface area contributed by atoms with E-state index in [-0.39, 0.29) is 0 Å². The standard InChI is InChI=1S/C9H14.C3H6/c1-5-9(4)7-6-8(2)3;1-2-3-1/h5H2,1-4H3;1-3H2. The van der Waals surface area contributed by atoms with Crippen LogP contribution < -0.4 is 0 Å². The molecular formula is C12H20. The molecule has 0 aliphatic heterocycles. The van der Waals surface area contributed by atoms with E-state index in [4.69, 9.17) is 0 Å². The summed E-state index contributed by atoms with van der Waals surface area (Å²) in [7, 11) is 0. The lowest BCUT2D eigenvalue weighted by Gasteiger charge is -1.81. The molecule has 0 radical (unpaired) electrons. The van der Waals surface area contributed by atoms with Crippen LogP contribution in [0.1, 0.15) is 53.4 Å². The van der Waals surface area contributed by atoms with Gasteiger partial charge in [0, 0.05) is 0 Å². The first kappa shape index (κ1) is 11.3. The van der Waals surface area contributed by atoms with Crippen LogP contribution in [0.15, 0.2) is 22.6 Å². The van der Waals surface area contributed by atoms with Gasteiger partial charge in [-0.3, -0.25) is 0 Å². The lowest BCUT2D eigenvalue weighted by Crippen LogP contribution is -1.63. The molecule has 0 spiro atoms. The molecule has 1 aliphatic rings. The van der Waals surface area contributed by atoms with Crippen molar-refractivity contribution >= 4 is 0 Å². The summed E-state index contributed by atoms with van der Waals surface area (Å²) in [5.74, 6) is 0. The van der Waals surface area contributed by atoms with Crippen molar-refractivity contribution in [2.45, 2.75) is 53.4 Å². The van der Waals surface area contributed by atoms with Crippen LogP contribution in [0.5, 0.6) is 0 Å². The molecule has 0 heteroatoms. The highest BCUT2D eigenvalue weighted by molar-refractivity contribution is 5.00. The van der Waals surface area contributed by atoms with E-state index in [1.165, 1.54) is 30.4 Å². The first-order chi connectivity index (χ1) is 5.66. The van der Waals surface area contributed by atoms with E-state index in [1.807, 2.05) is 13.8 Å². The molecule has 0 amide bonds. The lowest BCUT2D eigenvalue weighted by atomic mass is 10.2. The molecule has 0 atom stereocenters. The average molecular weight is 164 g/mol. The van der Waals surface area contributed by atoms with Gasteiger partial charge in [-0.15, -0.1) is 0 Å². The normalized spacial score (nSPS) is 11.7. The van der Waals surface area contributed by atoms with E-state index in [1.54, 1.807) is 0 Å².